The molecule has 0 aliphatic carbocycles. The highest BCUT2D eigenvalue weighted by atomic mass is 19.4. The summed E-state index contributed by atoms with van der Waals surface area (Å²) in [6, 6.07) is 5.22. The molecule has 1 aromatic carbocycles. The number of aliphatic imine (C=N–C) groups is 1. The maximum absolute atomic E-state index is 12.7. The van der Waals surface area contributed by atoms with Crippen LogP contribution >= 0.6 is 0 Å². The van der Waals surface area contributed by atoms with Gasteiger partial charge in [-0.1, -0.05) is 19.1 Å². The van der Waals surface area contributed by atoms with Gasteiger partial charge in [-0.25, -0.2) is 4.99 Å². The summed E-state index contributed by atoms with van der Waals surface area (Å²) in [6.45, 7) is 6.92. The van der Waals surface area contributed by atoms with Crippen molar-refractivity contribution in [3.05, 3.63) is 35.4 Å². The first-order chi connectivity index (χ1) is 12.3. The second-order valence-corrected chi connectivity index (χ2v) is 5.95. The zero-order chi connectivity index (χ0) is 19.6. The van der Waals surface area contributed by atoms with E-state index in [0.29, 0.717) is 24.6 Å². The van der Waals surface area contributed by atoms with Crippen LogP contribution in [0, 0.1) is 0 Å². The number of rotatable bonds is 8. The van der Waals surface area contributed by atoms with Gasteiger partial charge < -0.3 is 16.0 Å². The van der Waals surface area contributed by atoms with Crippen LogP contribution in [0.5, 0.6) is 0 Å². The van der Waals surface area contributed by atoms with Gasteiger partial charge in [0, 0.05) is 25.6 Å². The molecular formula is C18H27F3N4O. The second-order valence-electron chi connectivity index (χ2n) is 5.95. The van der Waals surface area contributed by atoms with E-state index in [4.69, 9.17) is 0 Å². The van der Waals surface area contributed by atoms with Gasteiger partial charge in [-0.15, -0.1) is 0 Å². The van der Waals surface area contributed by atoms with Gasteiger partial charge >= 0.3 is 6.18 Å². The van der Waals surface area contributed by atoms with E-state index >= 15 is 0 Å². The van der Waals surface area contributed by atoms with E-state index < -0.39 is 11.7 Å². The summed E-state index contributed by atoms with van der Waals surface area (Å²) in [7, 11) is 0. The summed E-state index contributed by atoms with van der Waals surface area (Å²) in [5, 5.41) is 8.89. The third-order valence-corrected chi connectivity index (χ3v) is 3.68. The Labute approximate surface area is 152 Å². The molecule has 0 spiro atoms. The maximum Gasteiger partial charge on any atom is 0.416 e. The van der Waals surface area contributed by atoms with E-state index in [0.717, 1.165) is 18.6 Å². The lowest BCUT2D eigenvalue weighted by atomic mass is 10.1. The van der Waals surface area contributed by atoms with E-state index in [1.54, 1.807) is 6.07 Å². The number of carbonyl (C=O) groups excluding carboxylic acids is 1. The van der Waals surface area contributed by atoms with Crippen LogP contribution in [-0.4, -0.2) is 31.0 Å². The number of carbonyl (C=O) groups is 1. The molecule has 0 fully saturated rings. The fourth-order valence-electron chi connectivity index (χ4n) is 2.10. The highest BCUT2D eigenvalue weighted by Crippen LogP contribution is 2.29. The number of amides is 1. The first-order valence-corrected chi connectivity index (χ1v) is 8.73. The summed E-state index contributed by atoms with van der Waals surface area (Å²) in [6.07, 6.45) is -3.22. The molecule has 1 amide bonds. The Morgan fingerprint density at radius 3 is 2.58 bits per heavy atom. The van der Waals surface area contributed by atoms with E-state index in [2.05, 4.69) is 20.9 Å². The zero-order valence-electron chi connectivity index (χ0n) is 15.4. The summed E-state index contributed by atoms with van der Waals surface area (Å²) in [5.74, 6) is 0.404. The predicted octanol–water partition coefficient (Wildman–Crippen LogP) is 3.07. The largest absolute Gasteiger partial charge is 0.416 e. The smallest absolute Gasteiger partial charge is 0.357 e. The van der Waals surface area contributed by atoms with Gasteiger partial charge in [0.1, 0.15) is 0 Å². The van der Waals surface area contributed by atoms with Crippen molar-refractivity contribution >= 4 is 11.9 Å². The summed E-state index contributed by atoms with van der Waals surface area (Å²) >= 11 is 0. The molecule has 0 saturated carbocycles. The molecule has 0 aromatic heterocycles. The van der Waals surface area contributed by atoms with E-state index in [1.165, 1.54) is 6.07 Å². The SMILES string of the molecule is CCNC(=NCc1cccc(C(F)(F)F)c1)NCCC(=O)NC(C)CC. The van der Waals surface area contributed by atoms with Crippen molar-refractivity contribution < 1.29 is 18.0 Å². The molecule has 5 nitrogen and oxygen atoms in total. The Hall–Kier alpha value is -2.25. The fraction of sp³-hybridized carbons (Fsp3) is 0.556. The molecule has 26 heavy (non-hydrogen) atoms. The van der Waals surface area contributed by atoms with Gasteiger partial charge in [0.25, 0.3) is 0 Å². The van der Waals surface area contributed by atoms with Crippen LogP contribution in [0.1, 0.15) is 44.7 Å². The number of hydrogen-bond donors (Lipinski definition) is 3. The lowest BCUT2D eigenvalue weighted by Gasteiger charge is -2.13. The van der Waals surface area contributed by atoms with E-state index in [1.807, 2.05) is 20.8 Å². The Kier molecular flexibility index (Phi) is 8.95. The lowest BCUT2D eigenvalue weighted by molar-refractivity contribution is -0.137. The van der Waals surface area contributed by atoms with E-state index in [9.17, 15) is 18.0 Å². The first kappa shape index (κ1) is 21.8. The highest BCUT2D eigenvalue weighted by Gasteiger charge is 2.30. The molecule has 146 valence electrons. The molecule has 0 heterocycles. The van der Waals surface area contributed by atoms with Crippen molar-refractivity contribution in [1.82, 2.24) is 16.0 Å². The quantitative estimate of drug-likeness (QED) is 0.485. The van der Waals surface area contributed by atoms with Crippen LogP contribution in [0.15, 0.2) is 29.3 Å². The van der Waals surface area contributed by atoms with Gasteiger partial charge in [0.05, 0.1) is 12.1 Å². The van der Waals surface area contributed by atoms with Crippen LogP contribution in [0.2, 0.25) is 0 Å². The molecule has 1 aromatic rings. The second kappa shape index (κ2) is 10.7. The number of hydrogen-bond acceptors (Lipinski definition) is 2. The molecule has 1 atom stereocenters. The van der Waals surface area contributed by atoms with E-state index in [-0.39, 0.29) is 24.9 Å². The molecule has 0 aliphatic rings. The molecule has 1 rings (SSSR count). The van der Waals surface area contributed by atoms with Gasteiger partial charge in [-0.3, -0.25) is 4.79 Å². The normalized spacial score (nSPS) is 13.2. The number of nitrogens with zero attached hydrogens (tertiary/aromatic N) is 1. The first-order valence-electron chi connectivity index (χ1n) is 8.73. The van der Waals surface area contributed by atoms with Crippen LogP contribution in [0.4, 0.5) is 13.2 Å². The number of alkyl halides is 3. The van der Waals surface area contributed by atoms with Crippen molar-refractivity contribution in [2.24, 2.45) is 4.99 Å². The van der Waals surface area contributed by atoms with Gasteiger partial charge in [-0.2, -0.15) is 13.2 Å². The third-order valence-electron chi connectivity index (χ3n) is 3.68. The molecule has 8 heteroatoms. The number of halogens is 3. The lowest BCUT2D eigenvalue weighted by Crippen LogP contribution is -2.40. The Morgan fingerprint density at radius 2 is 1.96 bits per heavy atom. The molecule has 0 saturated heterocycles. The summed E-state index contributed by atoms with van der Waals surface area (Å²) < 4.78 is 38.2. The van der Waals surface area contributed by atoms with Crippen molar-refractivity contribution in [1.29, 1.82) is 0 Å². The molecule has 0 bridgehead atoms. The highest BCUT2D eigenvalue weighted by molar-refractivity contribution is 5.81. The molecular weight excluding hydrogens is 345 g/mol. The maximum atomic E-state index is 12.7. The number of guanidine groups is 1. The fourth-order valence-corrected chi connectivity index (χ4v) is 2.10. The third kappa shape index (κ3) is 8.22. The average Bonchev–Trinajstić information content (AvgIpc) is 2.59. The predicted molar refractivity (Wildman–Crippen MR) is 96.8 cm³/mol. The Morgan fingerprint density at radius 1 is 1.23 bits per heavy atom. The van der Waals surface area contributed by atoms with Crippen LogP contribution in [-0.2, 0) is 17.5 Å². The van der Waals surface area contributed by atoms with Crippen LogP contribution < -0.4 is 16.0 Å². The van der Waals surface area contributed by atoms with Gasteiger partial charge in [0.2, 0.25) is 5.91 Å². The van der Waals surface area contributed by atoms with Gasteiger partial charge in [-0.05, 0) is 38.0 Å². The van der Waals surface area contributed by atoms with Gasteiger partial charge in [0.15, 0.2) is 5.96 Å². The molecule has 0 radical (unpaired) electrons. The van der Waals surface area contributed by atoms with Crippen molar-refractivity contribution in [2.75, 3.05) is 13.1 Å². The number of nitrogens with one attached hydrogen (secondary N) is 3. The molecule has 1 unspecified atom stereocenters. The topological polar surface area (TPSA) is 65.5 Å². The molecule has 0 aliphatic heterocycles. The average molecular weight is 372 g/mol. The minimum Gasteiger partial charge on any atom is -0.357 e. The Bertz CT molecular complexity index is 602. The minimum absolute atomic E-state index is 0.0550. The van der Waals surface area contributed by atoms with Crippen LogP contribution in [0.25, 0.3) is 0 Å². The summed E-state index contributed by atoms with van der Waals surface area (Å²) in [4.78, 5) is 16.0. The van der Waals surface area contributed by atoms with Crippen molar-refractivity contribution in [3.63, 3.8) is 0 Å². The Balaban J connectivity index is 2.60. The monoisotopic (exact) mass is 372 g/mol. The standard InChI is InChI=1S/C18H27F3N4O/c1-4-13(3)25-16(26)9-10-23-17(22-5-2)24-12-14-7-6-8-15(11-14)18(19,20)21/h6-8,11,13H,4-5,9-10,12H2,1-3H3,(H,25,26)(H2,22,23,24). The zero-order valence-corrected chi connectivity index (χ0v) is 15.4. The number of benzene rings is 1. The van der Waals surface area contributed by atoms with Crippen molar-refractivity contribution in [2.45, 2.75) is 52.4 Å². The minimum atomic E-state index is -4.37. The molecule has 3 N–H and O–H groups in total. The van der Waals surface area contributed by atoms with Crippen LogP contribution in [0.3, 0.4) is 0 Å². The summed E-state index contributed by atoms with van der Waals surface area (Å²) in [5.41, 5.74) is -0.226. The van der Waals surface area contributed by atoms with Crippen molar-refractivity contribution in [3.8, 4) is 0 Å².